The summed E-state index contributed by atoms with van der Waals surface area (Å²) in [4.78, 5) is 4.45. The van der Waals surface area contributed by atoms with Crippen molar-refractivity contribution in [2.45, 2.75) is 64.3 Å². The molecule has 2 N–H and O–H groups in total. The van der Waals surface area contributed by atoms with E-state index in [-0.39, 0.29) is 6.04 Å². The van der Waals surface area contributed by atoms with Crippen LogP contribution in [0, 0.1) is 5.92 Å². The summed E-state index contributed by atoms with van der Waals surface area (Å²) in [5.74, 6) is 2.86. The quantitative estimate of drug-likeness (QED) is 0.873. The molecule has 96 valence electrons. The first-order valence-electron chi connectivity index (χ1n) is 6.83. The van der Waals surface area contributed by atoms with Gasteiger partial charge in [-0.05, 0) is 38.0 Å². The van der Waals surface area contributed by atoms with Crippen LogP contribution in [0.2, 0.25) is 0 Å². The summed E-state index contributed by atoms with van der Waals surface area (Å²) in [6.07, 6.45) is 7.11. The third-order valence-electron chi connectivity index (χ3n) is 4.00. The molecule has 0 saturated heterocycles. The zero-order valence-electron chi connectivity index (χ0n) is 10.9. The molecule has 1 heterocycles. The lowest BCUT2D eigenvalue weighted by Gasteiger charge is -2.25. The Labute approximate surface area is 103 Å². The minimum absolute atomic E-state index is 0.108. The van der Waals surface area contributed by atoms with Crippen molar-refractivity contribution in [2.24, 2.45) is 11.7 Å². The third kappa shape index (κ3) is 2.86. The summed E-state index contributed by atoms with van der Waals surface area (Å²) in [6, 6.07) is -0.108. The summed E-state index contributed by atoms with van der Waals surface area (Å²) in [6.45, 7) is 4.30. The molecular weight excluding hydrogens is 214 g/mol. The van der Waals surface area contributed by atoms with E-state index < -0.39 is 0 Å². The highest BCUT2D eigenvalue weighted by atomic mass is 16.5. The average molecular weight is 237 g/mol. The van der Waals surface area contributed by atoms with Crippen molar-refractivity contribution < 1.29 is 4.52 Å². The Kier molecular flexibility index (Phi) is 4.15. The Morgan fingerprint density at radius 1 is 1.29 bits per heavy atom. The van der Waals surface area contributed by atoms with Crippen LogP contribution in [0.5, 0.6) is 0 Å². The predicted molar refractivity (Wildman–Crippen MR) is 66.5 cm³/mol. The van der Waals surface area contributed by atoms with E-state index in [1.807, 2.05) is 6.92 Å². The fraction of sp³-hybridized carbons (Fsp3) is 0.846. The van der Waals surface area contributed by atoms with Crippen molar-refractivity contribution >= 4 is 0 Å². The molecule has 0 radical (unpaired) electrons. The number of nitrogens with two attached hydrogens (primary N) is 1. The van der Waals surface area contributed by atoms with Gasteiger partial charge in [0.05, 0.1) is 6.04 Å². The molecule has 1 fully saturated rings. The largest absolute Gasteiger partial charge is 0.338 e. The van der Waals surface area contributed by atoms with Gasteiger partial charge < -0.3 is 10.3 Å². The van der Waals surface area contributed by atoms with Crippen molar-refractivity contribution in [3.05, 3.63) is 11.7 Å². The van der Waals surface area contributed by atoms with Gasteiger partial charge >= 0.3 is 0 Å². The number of rotatable bonds is 4. The second-order valence-electron chi connectivity index (χ2n) is 5.13. The topological polar surface area (TPSA) is 64.9 Å². The van der Waals surface area contributed by atoms with Crippen LogP contribution in [0.25, 0.3) is 0 Å². The fourth-order valence-corrected chi connectivity index (χ4v) is 2.57. The first-order chi connectivity index (χ1) is 8.24. The van der Waals surface area contributed by atoms with Crippen LogP contribution in [0.15, 0.2) is 4.52 Å². The average Bonchev–Trinajstić information content (AvgIpc) is 2.87. The highest BCUT2D eigenvalue weighted by molar-refractivity contribution is 4.99. The van der Waals surface area contributed by atoms with Crippen molar-refractivity contribution in [1.82, 2.24) is 10.1 Å². The van der Waals surface area contributed by atoms with Crippen LogP contribution in [0.3, 0.4) is 0 Å². The van der Waals surface area contributed by atoms with Crippen LogP contribution in [-0.4, -0.2) is 10.1 Å². The standard InChI is InChI=1S/C13H23N3O/c1-3-9-5-7-10(8-6-9)12-15-13(17-16-12)11(14)4-2/h9-11H,3-8,14H2,1-2H3/t9?,10?,11-/m0/s1. The summed E-state index contributed by atoms with van der Waals surface area (Å²) in [5, 5.41) is 4.09. The van der Waals surface area contributed by atoms with E-state index in [1.165, 1.54) is 32.1 Å². The molecule has 1 aromatic rings. The zero-order valence-corrected chi connectivity index (χ0v) is 10.9. The molecule has 1 atom stereocenters. The Morgan fingerprint density at radius 2 is 2.00 bits per heavy atom. The number of aromatic nitrogens is 2. The molecule has 0 spiro atoms. The number of nitrogens with zero attached hydrogens (tertiary/aromatic N) is 2. The van der Waals surface area contributed by atoms with Crippen LogP contribution >= 0.6 is 0 Å². The van der Waals surface area contributed by atoms with Crippen LogP contribution in [0.4, 0.5) is 0 Å². The minimum Gasteiger partial charge on any atom is -0.338 e. The second kappa shape index (κ2) is 5.63. The normalized spacial score (nSPS) is 27.0. The highest BCUT2D eigenvalue weighted by Crippen LogP contribution is 2.35. The molecule has 0 amide bonds. The highest BCUT2D eigenvalue weighted by Gasteiger charge is 2.25. The van der Waals surface area contributed by atoms with E-state index in [1.54, 1.807) is 0 Å². The Bertz CT molecular complexity index is 342. The molecule has 2 rings (SSSR count). The maximum atomic E-state index is 5.88. The molecule has 4 nitrogen and oxygen atoms in total. The van der Waals surface area contributed by atoms with Gasteiger partial charge in [-0.25, -0.2) is 0 Å². The van der Waals surface area contributed by atoms with E-state index >= 15 is 0 Å². The van der Waals surface area contributed by atoms with Crippen molar-refractivity contribution in [3.8, 4) is 0 Å². The van der Waals surface area contributed by atoms with Crippen LogP contribution < -0.4 is 5.73 Å². The van der Waals surface area contributed by atoms with Gasteiger partial charge in [-0.15, -0.1) is 0 Å². The third-order valence-corrected chi connectivity index (χ3v) is 4.00. The van der Waals surface area contributed by atoms with Gasteiger partial charge in [0.1, 0.15) is 0 Å². The smallest absolute Gasteiger partial charge is 0.243 e. The van der Waals surface area contributed by atoms with E-state index in [9.17, 15) is 0 Å². The zero-order chi connectivity index (χ0) is 12.3. The minimum atomic E-state index is -0.108. The summed E-state index contributed by atoms with van der Waals surface area (Å²) in [5.41, 5.74) is 5.88. The summed E-state index contributed by atoms with van der Waals surface area (Å²) >= 11 is 0. The molecule has 0 bridgehead atoms. The number of hydrogen-bond acceptors (Lipinski definition) is 4. The first kappa shape index (κ1) is 12.6. The van der Waals surface area contributed by atoms with Gasteiger partial charge in [-0.1, -0.05) is 25.4 Å². The molecule has 1 aliphatic carbocycles. The lowest BCUT2D eigenvalue weighted by molar-refractivity contribution is 0.301. The van der Waals surface area contributed by atoms with E-state index in [4.69, 9.17) is 10.3 Å². The molecule has 17 heavy (non-hydrogen) atoms. The molecule has 1 aromatic heterocycles. The van der Waals surface area contributed by atoms with Gasteiger partial charge in [0.2, 0.25) is 5.89 Å². The lowest BCUT2D eigenvalue weighted by Crippen LogP contribution is -2.14. The van der Waals surface area contributed by atoms with E-state index in [0.29, 0.717) is 11.8 Å². The second-order valence-corrected chi connectivity index (χ2v) is 5.13. The number of hydrogen-bond donors (Lipinski definition) is 1. The molecular formula is C13H23N3O. The van der Waals surface area contributed by atoms with Crippen molar-refractivity contribution in [3.63, 3.8) is 0 Å². The van der Waals surface area contributed by atoms with E-state index in [2.05, 4.69) is 17.1 Å². The maximum Gasteiger partial charge on any atom is 0.243 e. The Balaban J connectivity index is 1.97. The molecule has 0 aliphatic heterocycles. The lowest BCUT2D eigenvalue weighted by atomic mass is 9.80. The molecule has 1 aliphatic rings. The van der Waals surface area contributed by atoms with Gasteiger partial charge in [0.15, 0.2) is 5.82 Å². The predicted octanol–water partition coefficient (Wildman–Crippen LogP) is 3.16. The molecule has 1 saturated carbocycles. The maximum absolute atomic E-state index is 5.88. The Hall–Kier alpha value is -0.900. The van der Waals surface area contributed by atoms with Gasteiger partial charge in [-0.2, -0.15) is 4.98 Å². The SMILES string of the molecule is CCC1CCC(c2noc([C@@H](N)CC)n2)CC1. The monoisotopic (exact) mass is 237 g/mol. The van der Waals surface area contributed by atoms with Gasteiger partial charge in [-0.3, -0.25) is 0 Å². The summed E-state index contributed by atoms with van der Waals surface area (Å²) < 4.78 is 5.24. The first-order valence-corrected chi connectivity index (χ1v) is 6.83. The van der Waals surface area contributed by atoms with Crippen molar-refractivity contribution in [2.75, 3.05) is 0 Å². The fourth-order valence-electron chi connectivity index (χ4n) is 2.57. The Morgan fingerprint density at radius 3 is 2.59 bits per heavy atom. The molecule has 0 aromatic carbocycles. The van der Waals surface area contributed by atoms with Gasteiger partial charge in [0, 0.05) is 5.92 Å². The summed E-state index contributed by atoms with van der Waals surface area (Å²) in [7, 11) is 0. The molecule has 0 unspecified atom stereocenters. The van der Waals surface area contributed by atoms with Crippen LogP contribution in [-0.2, 0) is 0 Å². The van der Waals surface area contributed by atoms with Crippen molar-refractivity contribution in [1.29, 1.82) is 0 Å². The van der Waals surface area contributed by atoms with Crippen LogP contribution in [0.1, 0.15) is 76.0 Å². The molecule has 4 heteroatoms. The van der Waals surface area contributed by atoms with Gasteiger partial charge in [0.25, 0.3) is 0 Å². The van der Waals surface area contributed by atoms with E-state index in [0.717, 1.165) is 18.2 Å².